The number of benzene rings is 2. The Labute approximate surface area is 112 Å². The average Bonchev–Trinajstić information content (AvgIpc) is 2.88. The minimum atomic E-state index is -0.0700. The van der Waals surface area contributed by atoms with Gasteiger partial charge in [0, 0.05) is 17.3 Å². The first-order chi connectivity index (χ1) is 9.34. The van der Waals surface area contributed by atoms with E-state index in [0.29, 0.717) is 0 Å². The highest BCUT2D eigenvalue weighted by Gasteiger charge is 2.15. The lowest BCUT2D eigenvalue weighted by molar-refractivity contribution is -0.115. The third-order valence-electron chi connectivity index (χ3n) is 3.05. The predicted octanol–water partition coefficient (Wildman–Crippen LogP) is 3.13. The van der Waals surface area contributed by atoms with Gasteiger partial charge in [0.15, 0.2) is 0 Å². The fourth-order valence-electron chi connectivity index (χ4n) is 2.21. The molecule has 1 heterocycles. The molecule has 0 atom stereocenters. The van der Waals surface area contributed by atoms with Crippen LogP contribution in [0.5, 0.6) is 0 Å². The van der Waals surface area contributed by atoms with E-state index >= 15 is 0 Å². The van der Waals surface area contributed by atoms with E-state index in [-0.39, 0.29) is 5.91 Å². The van der Waals surface area contributed by atoms with Crippen LogP contribution < -0.4 is 5.32 Å². The molecule has 0 saturated heterocycles. The molecule has 2 nitrogen and oxygen atoms in total. The van der Waals surface area contributed by atoms with Gasteiger partial charge in [0.2, 0.25) is 5.91 Å². The summed E-state index contributed by atoms with van der Waals surface area (Å²) in [6.07, 6.45) is 3.39. The number of carbonyl (C=O) groups excluding carboxylic acids is 1. The smallest absolute Gasteiger partial charge is 0.248 e. The van der Waals surface area contributed by atoms with Crippen LogP contribution in [-0.2, 0) is 4.79 Å². The molecule has 1 amide bonds. The molecule has 1 aliphatic rings. The molecule has 0 fully saturated rings. The number of rotatable bonds is 2. The standard InChI is InChI=1S/C17H13NO/c19-16-12-11-15(18-16)17(13-7-3-1-4-8-13)14-9-5-2-6-10-14/h1-12H,(H,18,19). The van der Waals surface area contributed by atoms with E-state index in [1.54, 1.807) is 6.08 Å². The summed E-state index contributed by atoms with van der Waals surface area (Å²) in [5.41, 5.74) is 4.08. The van der Waals surface area contributed by atoms with Crippen molar-refractivity contribution in [3.05, 3.63) is 89.6 Å². The maximum atomic E-state index is 11.4. The molecule has 0 bridgehead atoms. The van der Waals surface area contributed by atoms with Crippen molar-refractivity contribution in [2.75, 3.05) is 0 Å². The molecular weight excluding hydrogens is 234 g/mol. The summed E-state index contributed by atoms with van der Waals surface area (Å²) in [7, 11) is 0. The number of hydrogen-bond donors (Lipinski definition) is 1. The Morgan fingerprint density at radius 2 is 1.26 bits per heavy atom. The Morgan fingerprint density at radius 1 is 0.737 bits per heavy atom. The molecular formula is C17H13NO. The number of allylic oxidation sites excluding steroid dienone is 1. The minimum absolute atomic E-state index is 0.0700. The predicted molar refractivity (Wildman–Crippen MR) is 76.2 cm³/mol. The van der Waals surface area contributed by atoms with Crippen LogP contribution >= 0.6 is 0 Å². The van der Waals surface area contributed by atoms with Crippen molar-refractivity contribution in [3.8, 4) is 0 Å². The van der Waals surface area contributed by atoms with Crippen molar-refractivity contribution in [1.82, 2.24) is 5.32 Å². The van der Waals surface area contributed by atoms with Gasteiger partial charge < -0.3 is 5.32 Å². The molecule has 0 saturated carbocycles. The van der Waals surface area contributed by atoms with Gasteiger partial charge in [-0.25, -0.2) is 0 Å². The first-order valence-electron chi connectivity index (χ1n) is 6.19. The van der Waals surface area contributed by atoms with E-state index in [2.05, 4.69) is 5.32 Å². The van der Waals surface area contributed by atoms with Crippen LogP contribution in [0.25, 0.3) is 5.57 Å². The largest absolute Gasteiger partial charge is 0.322 e. The lowest BCUT2D eigenvalue weighted by Gasteiger charge is -2.11. The van der Waals surface area contributed by atoms with Crippen molar-refractivity contribution in [1.29, 1.82) is 0 Å². The molecule has 1 N–H and O–H groups in total. The monoisotopic (exact) mass is 247 g/mol. The van der Waals surface area contributed by atoms with E-state index in [1.165, 1.54) is 0 Å². The SMILES string of the molecule is O=C1C=CC(=C(c2ccccc2)c2ccccc2)N1. The second-order valence-electron chi connectivity index (χ2n) is 4.34. The van der Waals surface area contributed by atoms with Gasteiger partial charge in [0.1, 0.15) is 0 Å². The van der Waals surface area contributed by atoms with Crippen LogP contribution in [0.1, 0.15) is 11.1 Å². The second kappa shape index (κ2) is 4.94. The van der Waals surface area contributed by atoms with Crippen molar-refractivity contribution in [3.63, 3.8) is 0 Å². The topological polar surface area (TPSA) is 29.1 Å². The van der Waals surface area contributed by atoms with Gasteiger partial charge in [-0.05, 0) is 17.2 Å². The van der Waals surface area contributed by atoms with E-state index in [4.69, 9.17) is 0 Å². The van der Waals surface area contributed by atoms with Crippen LogP contribution in [0.2, 0.25) is 0 Å². The molecule has 0 aromatic heterocycles. The van der Waals surface area contributed by atoms with Gasteiger partial charge in [-0.15, -0.1) is 0 Å². The van der Waals surface area contributed by atoms with Crippen molar-refractivity contribution in [2.24, 2.45) is 0 Å². The van der Waals surface area contributed by atoms with E-state index in [0.717, 1.165) is 22.4 Å². The summed E-state index contributed by atoms with van der Waals surface area (Å²) < 4.78 is 0. The average molecular weight is 247 g/mol. The Hall–Kier alpha value is -2.61. The molecule has 19 heavy (non-hydrogen) atoms. The summed E-state index contributed by atoms with van der Waals surface area (Å²) in [5.74, 6) is -0.0700. The Kier molecular flexibility index (Phi) is 2.99. The third kappa shape index (κ3) is 2.33. The van der Waals surface area contributed by atoms with Gasteiger partial charge in [-0.1, -0.05) is 60.7 Å². The first-order valence-corrected chi connectivity index (χ1v) is 6.19. The lowest BCUT2D eigenvalue weighted by atomic mass is 9.96. The summed E-state index contributed by atoms with van der Waals surface area (Å²) in [6, 6.07) is 20.2. The van der Waals surface area contributed by atoms with Crippen LogP contribution in [0.15, 0.2) is 78.5 Å². The number of nitrogens with one attached hydrogen (secondary N) is 1. The molecule has 2 aromatic carbocycles. The van der Waals surface area contributed by atoms with Gasteiger partial charge in [0.25, 0.3) is 0 Å². The van der Waals surface area contributed by atoms with Gasteiger partial charge in [0.05, 0.1) is 0 Å². The summed E-state index contributed by atoms with van der Waals surface area (Å²) in [6.45, 7) is 0. The van der Waals surface area contributed by atoms with E-state index in [9.17, 15) is 4.79 Å². The molecule has 0 unspecified atom stereocenters. The Morgan fingerprint density at radius 3 is 1.68 bits per heavy atom. The normalized spacial score (nSPS) is 13.5. The maximum Gasteiger partial charge on any atom is 0.248 e. The second-order valence-corrected chi connectivity index (χ2v) is 4.34. The van der Waals surface area contributed by atoms with Crippen molar-refractivity contribution >= 4 is 11.5 Å². The Bertz CT molecular complexity index is 613. The summed E-state index contributed by atoms with van der Waals surface area (Å²) >= 11 is 0. The lowest BCUT2D eigenvalue weighted by Crippen LogP contribution is -2.14. The van der Waals surface area contributed by atoms with Crippen LogP contribution in [0, 0.1) is 0 Å². The highest BCUT2D eigenvalue weighted by molar-refractivity contribution is 5.97. The fraction of sp³-hybridized carbons (Fsp3) is 0. The Balaban J connectivity index is 2.18. The van der Waals surface area contributed by atoms with Gasteiger partial charge in [-0.3, -0.25) is 4.79 Å². The molecule has 2 aromatic rings. The molecule has 0 spiro atoms. The van der Waals surface area contributed by atoms with Crippen LogP contribution in [0.3, 0.4) is 0 Å². The highest BCUT2D eigenvalue weighted by Crippen LogP contribution is 2.27. The number of amides is 1. The fourth-order valence-corrected chi connectivity index (χ4v) is 2.21. The number of hydrogen-bond acceptors (Lipinski definition) is 1. The molecule has 0 radical (unpaired) electrons. The van der Waals surface area contributed by atoms with Crippen LogP contribution in [-0.4, -0.2) is 5.91 Å². The minimum Gasteiger partial charge on any atom is -0.322 e. The zero-order valence-electron chi connectivity index (χ0n) is 10.3. The highest BCUT2D eigenvalue weighted by atomic mass is 16.1. The first kappa shape index (κ1) is 11.5. The zero-order chi connectivity index (χ0) is 13.1. The molecule has 2 heteroatoms. The summed E-state index contributed by atoms with van der Waals surface area (Å²) in [4.78, 5) is 11.4. The molecule has 92 valence electrons. The van der Waals surface area contributed by atoms with Crippen molar-refractivity contribution in [2.45, 2.75) is 0 Å². The van der Waals surface area contributed by atoms with Crippen molar-refractivity contribution < 1.29 is 4.79 Å². The quantitative estimate of drug-likeness (QED) is 0.868. The number of carbonyl (C=O) groups is 1. The zero-order valence-corrected chi connectivity index (χ0v) is 10.3. The van der Waals surface area contributed by atoms with E-state index in [1.807, 2.05) is 66.7 Å². The van der Waals surface area contributed by atoms with Crippen LogP contribution in [0.4, 0.5) is 0 Å². The van der Waals surface area contributed by atoms with E-state index < -0.39 is 0 Å². The maximum absolute atomic E-state index is 11.4. The van der Waals surface area contributed by atoms with Gasteiger partial charge >= 0.3 is 0 Å². The molecule has 0 aliphatic carbocycles. The van der Waals surface area contributed by atoms with Gasteiger partial charge in [-0.2, -0.15) is 0 Å². The summed E-state index contributed by atoms with van der Waals surface area (Å²) in [5, 5.41) is 2.88. The third-order valence-corrected chi connectivity index (χ3v) is 3.05. The molecule has 1 aliphatic heterocycles. The molecule has 3 rings (SSSR count).